The molecule has 0 amide bonds. The molecular weight excluding hydrogens is 296 g/mol. The van der Waals surface area contributed by atoms with Gasteiger partial charge in [-0.2, -0.15) is 0 Å². The van der Waals surface area contributed by atoms with E-state index in [2.05, 4.69) is 29.1 Å². The van der Waals surface area contributed by atoms with E-state index in [1.165, 1.54) is 12.2 Å². The standard InChI is InChI=1S/C12H15BrO3.C2H6/c1-4-6-10(9(3)13)11(14)8-16-12(15)7-5-2;1-2/h4,6H,1,3,5,7-8H2,2H3;1-2H3/b10-6+;. The van der Waals surface area contributed by atoms with Crippen molar-refractivity contribution in [1.82, 2.24) is 0 Å². The third-order valence-corrected chi connectivity index (χ3v) is 2.12. The number of esters is 1. The van der Waals surface area contributed by atoms with Gasteiger partial charge in [-0.15, -0.1) is 0 Å². The minimum Gasteiger partial charge on any atom is -0.457 e. The molecule has 0 fully saturated rings. The van der Waals surface area contributed by atoms with E-state index in [-0.39, 0.29) is 18.4 Å². The second-order valence-corrected chi connectivity index (χ2v) is 4.01. The van der Waals surface area contributed by atoms with Gasteiger partial charge in [-0.25, -0.2) is 0 Å². The van der Waals surface area contributed by atoms with Crippen molar-refractivity contribution in [1.29, 1.82) is 0 Å². The monoisotopic (exact) mass is 316 g/mol. The fraction of sp³-hybridized carbons (Fsp3) is 0.429. The average Bonchev–Trinajstić information content (AvgIpc) is 2.35. The van der Waals surface area contributed by atoms with E-state index < -0.39 is 0 Å². The van der Waals surface area contributed by atoms with Gasteiger partial charge in [0.05, 0.1) is 0 Å². The lowest BCUT2D eigenvalue weighted by Gasteiger charge is -2.05. The summed E-state index contributed by atoms with van der Waals surface area (Å²) in [6.07, 6.45) is 4.02. The Kier molecular flexibility index (Phi) is 13.1. The minimum absolute atomic E-state index is 0.261. The molecule has 0 aromatic carbocycles. The number of carbonyl (C=O) groups is 2. The van der Waals surface area contributed by atoms with Crippen molar-refractivity contribution in [2.24, 2.45) is 0 Å². The Morgan fingerprint density at radius 2 is 1.89 bits per heavy atom. The molecular formula is C14H21BrO3. The maximum Gasteiger partial charge on any atom is 0.306 e. The Bertz CT molecular complexity index is 330. The lowest BCUT2D eigenvalue weighted by molar-refractivity contribution is -0.147. The van der Waals surface area contributed by atoms with E-state index in [1.807, 2.05) is 20.8 Å². The highest BCUT2D eigenvalue weighted by Gasteiger charge is 2.12. The topological polar surface area (TPSA) is 43.4 Å². The van der Waals surface area contributed by atoms with Crippen LogP contribution >= 0.6 is 15.9 Å². The van der Waals surface area contributed by atoms with E-state index >= 15 is 0 Å². The molecule has 3 nitrogen and oxygen atoms in total. The summed E-state index contributed by atoms with van der Waals surface area (Å²) in [7, 11) is 0. The predicted molar refractivity (Wildman–Crippen MR) is 78.6 cm³/mol. The Morgan fingerprint density at radius 3 is 2.28 bits per heavy atom. The van der Waals surface area contributed by atoms with Crippen LogP contribution < -0.4 is 0 Å². The number of rotatable bonds is 7. The second-order valence-electron chi connectivity index (χ2n) is 3.05. The van der Waals surface area contributed by atoms with Crippen molar-refractivity contribution < 1.29 is 14.3 Å². The highest BCUT2D eigenvalue weighted by atomic mass is 79.9. The van der Waals surface area contributed by atoms with Crippen LogP contribution in [0, 0.1) is 0 Å². The van der Waals surface area contributed by atoms with Gasteiger partial charge in [0.2, 0.25) is 5.78 Å². The summed E-state index contributed by atoms with van der Waals surface area (Å²) in [6.45, 7) is 12.7. The summed E-state index contributed by atoms with van der Waals surface area (Å²) in [4.78, 5) is 22.6. The molecule has 0 unspecified atom stereocenters. The summed E-state index contributed by atoms with van der Waals surface area (Å²) >= 11 is 3.11. The first-order valence-corrected chi connectivity index (χ1v) is 6.68. The summed E-state index contributed by atoms with van der Waals surface area (Å²) < 4.78 is 5.24. The molecule has 0 saturated heterocycles. The van der Waals surface area contributed by atoms with E-state index in [9.17, 15) is 9.59 Å². The molecule has 4 heteroatoms. The molecule has 0 aliphatic rings. The minimum atomic E-state index is -0.367. The van der Waals surface area contributed by atoms with E-state index in [0.717, 1.165) is 0 Å². The first kappa shape index (κ1) is 19.2. The molecule has 0 atom stereocenters. The molecule has 0 aromatic heterocycles. The summed E-state index contributed by atoms with van der Waals surface area (Å²) in [5, 5.41) is 0. The lowest BCUT2D eigenvalue weighted by Crippen LogP contribution is -2.15. The van der Waals surface area contributed by atoms with Crippen LogP contribution in [0.2, 0.25) is 0 Å². The van der Waals surface area contributed by atoms with Gasteiger partial charge in [0.1, 0.15) is 0 Å². The van der Waals surface area contributed by atoms with Gasteiger partial charge in [0.15, 0.2) is 6.61 Å². The number of Topliss-reactive ketones (excluding diaryl/α,β-unsaturated/α-hetero) is 1. The smallest absolute Gasteiger partial charge is 0.306 e. The van der Waals surface area contributed by atoms with Gasteiger partial charge in [-0.3, -0.25) is 9.59 Å². The Balaban J connectivity index is 0. The first-order chi connectivity index (χ1) is 8.52. The fourth-order valence-corrected chi connectivity index (χ4v) is 1.31. The van der Waals surface area contributed by atoms with Crippen molar-refractivity contribution in [3.8, 4) is 0 Å². The third kappa shape index (κ3) is 8.93. The molecule has 0 aromatic rings. The quantitative estimate of drug-likeness (QED) is 0.406. The van der Waals surface area contributed by atoms with Gasteiger partial charge < -0.3 is 4.74 Å². The van der Waals surface area contributed by atoms with Crippen LogP contribution in [0.5, 0.6) is 0 Å². The number of ether oxygens (including phenoxy) is 1. The Morgan fingerprint density at radius 1 is 1.33 bits per heavy atom. The molecule has 0 bridgehead atoms. The maximum atomic E-state index is 11.6. The van der Waals surface area contributed by atoms with Crippen molar-refractivity contribution in [3.63, 3.8) is 0 Å². The molecule has 0 spiro atoms. The molecule has 0 heterocycles. The molecule has 0 aliphatic heterocycles. The van der Waals surface area contributed by atoms with E-state index in [1.54, 1.807) is 0 Å². The van der Waals surface area contributed by atoms with Gasteiger partial charge in [0, 0.05) is 16.5 Å². The third-order valence-electron chi connectivity index (χ3n) is 1.70. The number of carbonyl (C=O) groups excluding carboxylic acids is 2. The largest absolute Gasteiger partial charge is 0.457 e. The number of halogens is 1. The van der Waals surface area contributed by atoms with Crippen molar-refractivity contribution in [2.45, 2.75) is 33.6 Å². The molecule has 18 heavy (non-hydrogen) atoms. The van der Waals surface area contributed by atoms with Gasteiger partial charge >= 0.3 is 5.97 Å². The number of hydrogen-bond donors (Lipinski definition) is 0. The molecule has 0 aliphatic carbocycles. The van der Waals surface area contributed by atoms with Crippen LogP contribution in [-0.4, -0.2) is 18.4 Å². The zero-order valence-corrected chi connectivity index (χ0v) is 12.9. The van der Waals surface area contributed by atoms with Crippen LogP contribution in [0.3, 0.4) is 0 Å². The van der Waals surface area contributed by atoms with Crippen molar-refractivity contribution >= 4 is 27.7 Å². The van der Waals surface area contributed by atoms with E-state index in [4.69, 9.17) is 4.74 Å². The van der Waals surface area contributed by atoms with Gasteiger partial charge in [-0.1, -0.05) is 62.0 Å². The van der Waals surface area contributed by atoms with Crippen molar-refractivity contribution in [2.75, 3.05) is 6.61 Å². The normalized spacial score (nSPS) is 9.89. The zero-order chi connectivity index (χ0) is 14.6. The van der Waals surface area contributed by atoms with Crippen LogP contribution in [0.4, 0.5) is 0 Å². The number of ketones is 1. The Hall–Kier alpha value is -1.16. The van der Waals surface area contributed by atoms with Crippen molar-refractivity contribution in [3.05, 3.63) is 35.4 Å². The predicted octanol–water partition coefficient (Wildman–Crippen LogP) is 3.95. The second kappa shape index (κ2) is 12.3. The van der Waals surface area contributed by atoms with E-state index in [0.29, 0.717) is 22.9 Å². The maximum absolute atomic E-state index is 11.6. The molecule has 0 saturated carbocycles. The number of allylic oxidation sites excluding steroid dienone is 3. The highest BCUT2D eigenvalue weighted by molar-refractivity contribution is 9.12. The van der Waals surface area contributed by atoms with Gasteiger partial charge in [0.25, 0.3) is 0 Å². The average molecular weight is 317 g/mol. The number of hydrogen-bond acceptors (Lipinski definition) is 3. The lowest BCUT2D eigenvalue weighted by atomic mass is 10.1. The Labute approximate surface area is 118 Å². The van der Waals surface area contributed by atoms with Crippen LogP contribution in [-0.2, 0) is 14.3 Å². The SMILES string of the molecule is C=C/C=C(\C(=C)Br)C(=O)COC(=O)CCC.CC. The summed E-state index contributed by atoms with van der Waals surface area (Å²) in [5.41, 5.74) is 0.360. The molecule has 0 radical (unpaired) electrons. The van der Waals surface area contributed by atoms with Crippen LogP contribution in [0.15, 0.2) is 35.4 Å². The highest BCUT2D eigenvalue weighted by Crippen LogP contribution is 2.16. The summed E-state index contributed by atoms with van der Waals surface area (Å²) in [5.74, 6) is -0.666. The van der Waals surface area contributed by atoms with Gasteiger partial charge in [-0.05, 0) is 6.42 Å². The fourth-order valence-electron chi connectivity index (χ4n) is 0.953. The first-order valence-electron chi connectivity index (χ1n) is 5.89. The molecule has 0 N–H and O–H groups in total. The molecule has 102 valence electrons. The van der Waals surface area contributed by atoms with Crippen LogP contribution in [0.1, 0.15) is 33.6 Å². The zero-order valence-electron chi connectivity index (χ0n) is 11.3. The summed E-state index contributed by atoms with van der Waals surface area (Å²) in [6, 6.07) is 0. The van der Waals surface area contributed by atoms with Crippen LogP contribution in [0.25, 0.3) is 0 Å². The molecule has 0 rings (SSSR count).